The van der Waals surface area contributed by atoms with E-state index in [1.165, 1.54) is 6.92 Å². The Morgan fingerprint density at radius 2 is 1.18 bits per heavy atom. The lowest BCUT2D eigenvalue weighted by Gasteiger charge is -2.24. The summed E-state index contributed by atoms with van der Waals surface area (Å²) in [6, 6.07) is 25.3. The molecule has 34 heavy (non-hydrogen) atoms. The van der Waals surface area contributed by atoms with E-state index in [1.807, 2.05) is 60.7 Å². The Kier molecular flexibility index (Phi) is 8.97. The van der Waals surface area contributed by atoms with Crippen molar-refractivity contribution in [3.8, 4) is 5.75 Å². The van der Waals surface area contributed by atoms with Gasteiger partial charge in [0, 0.05) is 12.3 Å². The van der Waals surface area contributed by atoms with Gasteiger partial charge in [0.1, 0.15) is 24.7 Å². The number of hydrogen-bond donors (Lipinski definition) is 0. The van der Waals surface area contributed by atoms with E-state index in [4.69, 9.17) is 14.2 Å². The van der Waals surface area contributed by atoms with E-state index in [-0.39, 0.29) is 25.4 Å². The maximum absolute atomic E-state index is 13.2. The van der Waals surface area contributed by atoms with Crippen LogP contribution in [0.5, 0.6) is 5.75 Å². The molecule has 3 aromatic carbocycles. The van der Waals surface area contributed by atoms with Crippen LogP contribution in [0.25, 0.3) is 0 Å². The summed E-state index contributed by atoms with van der Waals surface area (Å²) >= 11 is 0. The Labute approximate surface area is 199 Å². The highest BCUT2D eigenvalue weighted by atomic mass is 16.6. The number of rotatable bonds is 11. The molecule has 0 heterocycles. The molecule has 0 aliphatic rings. The van der Waals surface area contributed by atoms with Crippen LogP contribution in [0.3, 0.4) is 0 Å². The highest BCUT2D eigenvalue weighted by Crippen LogP contribution is 2.32. The standard InChI is InChI=1S/C28H28O6/c1-20(29)17-25(23-13-15-24(32-2)16-14-23)26(27(30)33-18-21-9-5-3-6-10-21)28(31)34-19-22-11-7-4-8-12-22/h3-16,25-26H,17-19H2,1-2H3/t25-/m0/s1. The molecule has 0 saturated heterocycles. The topological polar surface area (TPSA) is 78.9 Å². The predicted molar refractivity (Wildman–Crippen MR) is 127 cm³/mol. The third-order valence-corrected chi connectivity index (χ3v) is 5.41. The van der Waals surface area contributed by atoms with Crippen molar-refractivity contribution in [2.45, 2.75) is 32.5 Å². The number of methoxy groups -OCH3 is 1. The molecule has 0 bridgehead atoms. The second kappa shape index (κ2) is 12.3. The van der Waals surface area contributed by atoms with Crippen molar-refractivity contribution >= 4 is 17.7 Å². The first kappa shape index (κ1) is 24.7. The smallest absolute Gasteiger partial charge is 0.321 e. The van der Waals surface area contributed by atoms with Crippen LogP contribution in [0.4, 0.5) is 0 Å². The van der Waals surface area contributed by atoms with Gasteiger partial charge in [-0.2, -0.15) is 0 Å². The zero-order chi connectivity index (χ0) is 24.3. The molecular weight excluding hydrogens is 432 g/mol. The summed E-state index contributed by atoms with van der Waals surface area (Å²) < 4.78 is 16.2. The van der Waals surface area contributed by atoms with Gasteiger partial charge in [-0.1, -0.05) is 72.8 Å². The van der Waals surface area contributed by atoms with Crippen LogP contribution in [0.15, 0.2) is 84.9 Å². The zero-order valence-corrected chi connectivity index (χ0v) is 19.3. The van der Waals surface area contributed by atoms with Gasteiger partial charge in [0.2, 0.25) is 0 Å². The summed E-state index contributed by atoms with van der Waals surface area (Å²) in [6.07, 6.45) is -0.0160. The van der Waals surface area contributed by atoms with E-state index in [1.54, 1.807) is 31.4 Å². The lowest BCUT2D eigenvalue weighted by molar-refractivity contribution is -0.165. The summed E-state index contributed by atoms with van der Waals surface area (Å²) in [4.78, 5) is 38.6. The summed E-state index contributed by atoms with van der Waals surface area (Å²) in [7, 11) is 1.55. The fourth-order valence-corrected chi connectivity index (χ4v) is 3.65. The molecule has 1 atom stereocenters. The van der Waals surface area contributed by atoms with E-state index in [9.17, 15) is 14.4 Å². The molecule has 0 N–H and O–H groups in total. The molecule has 6 heteroatoms. The number of benzene rings is 3. The van der Waals surface area contributed by atoms with Gasteiger partial charge < -0.3 is 19.0 Å². The second-order valence-corrected chi connectivity index (χ2v) is 7.95. The molecule has 3 aromatic rings. The van der Waals surface area contributed by atoms with Crippen LogP contribution in [0, 0.1) is 5.92 Å². The quantitative estimate of drug-likeness (QED) is 0.300. The highest BCUT2D eigenvalue weighted by Gasteiger charge is 2.39. The molecule has 0 spiro atoms. The molecular formula is C28H28O6. The number of carbonyl (C=O) groups excluding carboxylic acids is 3. The Morgan fingerprint density at radius 1 is 0.706 bits per heavy atom. The maximum atomic E-state index is 13.2. The number of ketones is 1. The highest BCUT2D eigenvalue weighted by molar-refractivity contribution is 5.97. The minimum atomic E-state index is -1.30. The van der Waals surface area contributed by atoms with Crippen LogP contribution in [-0.4, -0.2) is 24.8 Å². The van der Waals surface area contributed by atoms with Crippen LogP contribution >= 0.6 is 0 Å². The van der Waals surface area contributed by atoms with Crippen molar-refractivity contribution in [3.05, 3.63) is 102 Å². The van der Waals surface area contributed by atoms with Crippen molar-refractivity contribution in [1.82, 2.24) is 0 Å². The van der Waals surface area contributed by atoms with Crippen molar-refractivity contribution < 1.29 is 28.6 Å². The number of Topliss-reactive ketones (excluding diaryl/α,β-unsaturated/α-hetero) is 1. The lowest BCUT2D eigenvalue weighted by atomic mass is 9.82. The van der Waals surface area contributed by atoms with Gasteiger partial charge >= 0.3 is 11.9 Å². The third kappa shape index (κ3) is 7.04. The summed E-state index contributed by atoms with van der Waals surface area (Å²) in [5, 5.41) is 0. The Hall–Kier alpha value is -3.93. The first-order chi connectivity index (χ1) is 16.5. The van der Waals surface area contributed by atoms with Gasteiger partial charge in [-0.3, -0.25) is 9.59 Å². The van der Waals surface area contributed by atoms with E-state index in [0.29, 0.717) is 11.3 Å². The first-order valence-electron chi connectivity index (χ1n) is 11.0. The van der Waals surface area contributed by atoms with E-state index < -0.39 is 23.8 Å². The normalized spacial score (nSPS) is 11.5. The van der Waals surface area contributed by atoms with Gasteiger partial charge in [-0.05, 0) is 35.7 Å². The van der Waals surface area contributed by atoms with Gasteiger partial charge in [-0.25, -0.2) is 0 Å². The number of hydrogen-bond acceptors (Lipinski definition) is 6. The van der Waals surface area contributed by atoms with Crippen LogP contribution in [-0.2, 0) is 37.1 Å². The fraction of sp³-hybridized carbons (Fsp3) is 0.250. The van der Waals surface area contributed by atoms with Gasteiger partial charge in [0.05, 0.1) is 7.11 Å². The van der Waals surface area contributed by atoms with E-state index in [2.05, 4.69) is 0 Å². The van der Waals surface area contributed by atoms with Crippen molar-refractivity contribution in [2.75, 3.05) is 7.11 Å². The lowest BCUT2D eigenvalue weighted by Crippen LogP contribution is -2.34. The zero-order valence-electron chi connectivity index (χ0n) is 19.3. The van der Waals surface area contributed by atoms with Crippen LogP contribution < -0.4 is 4.74 Å². The second-order valence-electron chi connectivity index (χ2n) is 7.95. The Bertz CT molecular complexity index is 1020. The average molecular weight is 461 g/mol. The minimum absolute atomic E-state index is 0.0115. The molecule has 0 unspecified atom stereocenters. The summed E-state index contributed by atoms with van der Waals surface area (Å²) in [6.45, 7) is 1.45. The van der Waals surface area contributed by atoms with Crippen LogP contribution in [0.2, 0.25) is 0 Å². The third-order valence-electron chi connectivity index (χ3n) is 5.41. The molecule has 0 radical (unpaired) electrons. The van der Waals surface area contributed by atoms with E-state index in [0.717, 1.165) is 11.1 Å². The van der Waals surface area contributed by atoms with E-state index >= 15 is 0 Å². The average Bonchev–Trinajstić information content (AvgIpc) is 2.87. The fourth-order valence-electron chi connectivity index (χ4n) is 3.65. The van der Waals surface area contributed by atoms with Crippen molar-refractivity contribution in [1.29, 1.82) is 0 Å². The Balaban J connectivity index is 1.87. The van der Waals surface area contributed by atoms with Crippen molar-refractivity contribution in [3.63, 3.8) is 0 Å². The molecule has 0 fully saturated rings. The number of esters is 2. The SMILES string of the molecule is COc1ccc([C@H](CC(C)=O)C(C(=O)OCc2ccccc2)C(=O)OCc2ccccc2)cc1. The predicted octanol–water partition coefficient (Wildman–Crippen LogP) is 4.86. The molecule has 3 rings (SSSR count). The molecule has 0 aliphatic heterocycles. The number of ether oxygens (including phenoxy) is 3. The minimum Gasteiger partial charge on any atom is -0.497 e. The largest absolute Gasteiger partial charge is 0.497 e. The first-order valence-corrected chi connectivity index (χ1v) is 11.0. The van der Waals surface area contributed by atoms with Gasteiger partial charge in [0.15, 0.2) is 5.92 Å². The van der Waals surface area contributed by atoms with Crippen molar-refractivity contribution in [2.24, 2.45) is 5.92 Å². The monoisotopic (exact) mass is 460 g/mol. The molecule has 0 aromatic heterocycles. The maximum Gasteiger partial charge on any atom is 0.321 e. The number of carbonyl (C=O) groups is 3. The molecule has 0 aliphatic carbocycles. The van der Waals surface area contributed by atoms with Gasteiger partial charge in [0.25, 0.3) is 0 Å². The van der Waals surface area contributed by atoms with Crippen LogP contribution in [0.1, 0.15) is 36.0 Å². The summed E-state index contributed by atoms with van der Waals surface area (Å²) in [5.74, 6) is -3.04. The molecule has 6 nitrogen and oxygen atoms in total. The molecule has 0 amide bonds. The Morgan fingerprint density at radius 3 is 1.59 bits per heavy atom. The molecule has 0 saturated carbocycles. The summed E-state index contributed by atoms with van der Waals surface area (Å²) in [5.41, 5.74) is 2.23. The molecule has 176 valence electrons. The van der Waals surface area contributed by atoms with Gasteiger partial charge in [-0.15, -0.1) is 0 Å².